The molecule has 0 spiro atoms. The molecule has 0 aromatic carbocycles. The molecule has 1 heterocycles. The van der Waals surface area contributed by atoms with Gasteiger partial charge in [-0.2, -0.15) is 0 Å². The highest BCUT2D eigenvalue weighted by Crippen LogP contribution is 2.41. The summed E-state index contributed by atoms with van der Waals surface area (Å²) in [6.45, 7) is 4.34. The average Bonchev–Trinajstić information content (AvgIpc) is 2.44. The molecule has 0 saturated carbocycles. The van der Waals surface area contributed by atoms with Crippen molar-refractivity contribution < 1.29 is 0 Å². The number of hydrogen-bond acceptors (Lipinski definition) is 1. The first-order chi connectivity index (χ1) is 6.06. The molecule has 0 saturated heterocycles. The van der Waals surface area contributed by atoms with Crippen molar-refractivity contribution in [1.29, 1.82) is 0 Å². The van der Waals surface area contributed by atoms with Crippen LogP contribution in [-0.2, 0) is 0 Å². The SMILES string of the molecule is CCC(C)C(Cl)c1cc(Br)c(Br)s1. The molecule has 0 radical (unpaired) electrons. The highest BCUT2D eigenvalue weighted by atomic mass is 79.9. The van der Waals surface area contributed by atoms with Gasteiger partial charge in [-0.25, -0.2) is 0 Å². The predicted molar refractivity (Wildman–Crippen MR) is 67.8 cm³/mol. The summed E-state index contributed by atoms with van der Waals surface area (Å²) in [5.74, 6) is 0.527. The van der Waals surface area contributed by atoms with E-state index in [9.17, 15) is 0 Å². The summed E-state index contributed by atoms with van der Waals surface area (Å²) in [6, 6.07) is 2.10. The van der Waals surface area contributed by atoms with Crippen molar-refractivity contribution >= 4 is 54.8 Å². The maximum Gasteiger partial charge on any atom is 0.0843 e. The summed E-state index contributed by atoms with van der Waals surface area (Å²) in [6.07, 6.45) is 1.11. The molecular formula is C9H11Br2ClS. The van der Waals surface area contributed by atoms with Crippen molar-refractivity contribution in [2.45, 2.75) is 25.6 Å². The average molecular weight is 347 g/mol. The molecule has 0 fully saturated rings. The van der Waals surface area contributed by atoms with Crippen molar-refractivity contribution in [3.63, 3.8) is 0 Å². The molecule has 0 aliphatic rings. The normalized spacial score (nSPS) is 15.8. The molecule has 1 aromatic heterocycles. The fourth-order valence-electron chi connectivity index (χ4n) is 0.987. The second kappa shape index (κ2) is 5.15. The maximum atomic E-state index is 6.31. The minimum Gasteiger partial charge on any atom is -0.130 e. The zero-order valence-corrected chi connectivity index (χ0v) is 12.2. The minimum atomic E-state index is 0.137. The fraction of sp³-hybridized carbons (Fsp3) is 0.556. The molecular weight excluding hydrogens is 335 g/mol. The first-order valence-electron chi connectivity index (χ1n) is 4.15. The Morgan fingerprint density at radius 2 is 2.15 bits per heavy atom. The van der Waals surface area contributed by atoms with E-state index in [1.165, 1.54) is 4.88 Å². The molecule has 13 heavy (non-hydrogen) atoms. The highest BCUT2D eigenvalue weighted by Gasteiger charge is 2.18. The van der Waals surface area contributed by atoms with Gasteiger partial charge in [-0.3, -0.25) is 0 Å². The molecule has 2 atom stereocenters. The zero-order chi connectivity index (χ0) is 10.0. The predicted octanol–water partition coefficient (Wildman–Crippen LogP) is 5.60. The number of rotatable bonds is 3. The van der Waals surface area contributed by atoms with Crippen molar-refractivity contribution in [3.8, 4) is 0 Å². The smallest absolute Gasteiger partial charge is 0.0843 e. The zero-order valence-electron chi connectivity index (χ0n) is 7.48. The Labute approximate surface area is 105 Å². The lowest BCUT2D eigenvalue weighted by molar-refractivity contribution is 0.547. The van der Waals surface area contributed by atoms with Crippen LogP contribution in [0.3, 0.4) is 0 Å². The Morgan fingerprint density at radius 3 is 2.54 bits per heavy atom. The van der Waals surface area contributed by atoms with E-state index in [0.29, 0.717) is 5.92 Å². The van der Waals surface area contributed by atoms with Crippen molar-refractivity contribution in [2.24, 2.45) is 5.92 Å². The summed E-state index contributed by atoms with van der Waals surface area (Å²) < 4.78 is 2.22. The van der Waals surface area contributed by atoms with Crippen molar-refractivity contribution in [2.75, 3.05) is 0 Å². The van der Waals surface area contributed by atoms with E-state index in [0.717, 1.165) is 14.7 Å². The number of halogens is 3. The van der Waals surface area contributed by atoms with Gasteiger partial charge in [0, 0.05) is 9.35 Å². The van der Waals surface area contributed by atoms with E-state index in [4.69, 9.17) is 11.6 Å². The summed E-state index contributed by atoms with van der Waals surface area (Å²) in [4.78, 5) is 1.23. The van der Waals surface area contributed by atoms with E-state index < -0.39 is 0 Å². The lowest BCUT2D eigenvalue weighted by Crippen LogP contribution is -1.99. The van der Waals surface area contributed by atoms with Gasteiger partial charge in [0.15, 0.2) is 0 Å². The number of alkyl halides is 1. The van der Waals surface area contributed by atoms with Gasteiger partial charge in [0.1, 0.15) is 0 Å². The van der Waals surface area contributed by atoms with Gasteiger partial charge in [-0.05, 0) is 43.8 Å². The quantitative estimate of drug-likeness (QED) is 0.625. The Hall–Kier alpha value is 0.950. The molecule has 0 nitrogen and oxygen atoms in total. The monoisotopic (exact) mass is 344 g/mol. The molecule has 74 valence electrons. The highest BCUT2D eigenvalue weighted by molar-refractivity contribution is 9.13. The van der Waals surface area contributed by atoms with Crippen LogP contribution in [0.1, 0.15) is 30.5 Å². The summed E-state index contributed by atoms with van der Waals surface area (Å²) >= 11 is 14.9. The van der Waals surface area contributed by atoms with Crippen LogP contribution in [0.4, 0.5) is 0 Å². The summed E-state index contributed by atoms with van der Waals surface area (Å²) in [7, 11) is 0. The third-order valence-electron chi connectivity index (χ3n) is 2.08. The third-order valence-corrected chi connectivity index (χ3v) is 6.21. The molecule has 1 rings (SSSR count). The maximum absolute atomic E-state index is 6.31. The summed E-state index contributed by atoms with van der Waals surface area (Å²) in [5.41, 5.74) is 0. The standard InChI is InChI=1S/C9H11Br2ClS/c1-3-5(2)8(12)7-4-6(10)9(11)13-7/h4-5,8H,3H2,1-2H3. The Morgan fingerprint density at radius 1 is 1.54 bits per heavy atom. The summed E-state index contributed by atoms with van der Waals surface area (Å²) in [5, 5.41) is 0.137. The molecule has 4 heteroatoms. The van der Waals surface area contributed by atoms with Crippen molar-refractivity contribution in [1.82, 2.24) is 0 Å². The lowest BCUT2D eigenvalue weighted by Gasteiger charge is -2.13. The van der Waals surface area contributed by atoms with Gasteiger partial charge in [-0.1, -0.05) is 20.3 Å². The van der Waals surface area contributed by atoms with Crippen LogP contribution in [0.15, 0.2) is 14.3 Å². The molecule has 0 aliphatic heterocycles. The Kier molecular flexibility index (Phi) is 4.76. The van der Waals surface area contributed by atoms with Gasteiger partial charge < -0.3 is 0 Å². The van der Waals surface area contributed by atoms with E-state index in [-0.39, 0.29) is 5.38 Å². The largest absolute Gasteiger partial charge is 0.130 e. The molecule has 0 bridgehead atoms. The van der Waals surface area contributed by atoms with E-state index >= 15 is 0 Å². The van der Waals surface area contributed by atoms with Gasteiger partial charge in [0.2, 0.25) is 0 Å². The van der Waals surface area contributed by atoms with E-state index in [1.807, 2.05) is 0 Å². The van der Waals surface area contributed by atoms with E-state index in [1.54, 1.807) is 11.3 Å². The van der Waals surface area contributed by atoms with Crippen LogP contribution in [0.25, 0.3) is 0 Å². The van der Waals surface area contributed by atoms with Crippen LogP contribution < -0.4 is 0 Å². The van der Waals surface area contributed by atoms with Gasteiger partial charge in [0.25, 0.3) is 0 Å². The van der Waals surface area contributed by atoms with Crippen LogP contribution in [-0.4, -0.2) is 0 Å². The lowest BCUT2D eigenvalue weighted by atomic mass is 10.0. The van der Waals surface area contributed by atoms with Gasteiger partial charge in [-0.15, -0.1) is 22.9 Å². The van der Waals surface area contributed by atoms with Gasteiger partial charge in [0.05, 0.1) is 9.16 Å². The van der Waals surface area contributed by atoms with Crippen LogP contribution in [0, 0.1) is 5.92 Å². The first-order valence-corrected chi connectivity index (χ1v) is 6.99. The van der Waals surface area contributed by atoms with Crippen LogP contribution >= 0.6 is 54.8 Å². The topological polar surface area (TPSA) is 0 Å². The van der Waals surface area contributed by atoms with Crippen LogP contribution in [0.2, 0.25) is 0 Å². The minimum absolute atomic E-state index is 0.137. The molecule has 0 N–H and O–H groups in total. The molecule has 0 amide bonds. The van der Waals surface area contributed by atoms with Crippen LogP contribution in [0.5, 0.6) is 0 Å². The second-order valence-corrected chi connectivity index (χ2v) is 6.78. The molecule has 1 aromatic rings. The van der Waals surface area contributed by atoms with E-state index in [2.05, 4.69) is 51.8 Å². The number of hydrogen-bond donors (Lipinski definition) is 0. The number of thiophene rings is 1. The van der Waals surface area contributed by atoms with Gasteiger partial charge >= 0.3 is 0 Å². The Balaban J connectivity index is 2.82. The molecule has 2 unspecified atom stereocenters. The van der Waals surface area contributed by atoms with Crippen molar-refractivity contribution in [3.05, 3.63) is 19.2 Å². The first kappa shape index (κ1) is 12.0. The third kappa shape index (κ3) is 2.95. The molecule has 0 aliphatic carbocycles. The Bertz CT molecular complexity index is 266. The second-order valence-electron chi connectivity index (χ2n) is 3.06. The fourth-order valence-corrected chi connectivity index (χ4v) is 3.56.